The molecule has 0 bridgehead atoms. The van der Waals surface area contributed by atoms with Gasteiger partial charge < -0.3 is 10.1 Å². The van der Waals surface area contributed by atoms with Crippen LogP contribution < -0.4 is 0 Å². The normalized spacial score (nSPS) is 12.1. The second-order valence-electron chi connectivity index (χ2n) is 6.29. The summed E-state index contributed by atoms with van der Waals surface area (Å²) in [6, 6.07) is 14.1. The first-order chi connectivity index (χ1) is 13.9. The number of carbonyl (C=O) groups is 1. The number of aliphatic hydroxyl groups is 1. The van der Waals surface area contributed by atoms with Crippen molar-refractivity contribution in [1.29, 1.82) is 0 Å². The van der Waals surface area contributed by atoms with Gasteiger partial charge in [-0.05, 0) is 54.6 Å². The van der Waals surface area contributed by atoms with Crippen molar-refractivity contribution < 1.29 is 23.1 Å². The molecule has 0 amide bonds. The van der Waals surface area contributed by atoms with Crippen molar-refractivity contribution in [3.05, 3.63) is 101 Å². The predicted molar refractivity (Wildman–Crippen MR) is 103 cm³/mol. The van der Waals surface area contributed by atoms with Crippen molar-refractivity contribution in [2.24, 2.45) is 0 Å². The molecule has 0 fully saturated rings. The van der Waals surface area contributed by atoms with Gasteiger partial charge in [0.2, 0.25) is 5.78 Å². The van der Waals surface area contributed by atoms with E-state index in [4.69, 9.17) is 0 Å². The quantitative estimate of drug-likeness (QED) is 0.281. The minimum Gasteiger partial charge on any atom is -0.506 e. The fourth-order valence-corrected chi connectivity index (χ4v) is 2.96. The third-order valence-electron chi connectivity index (χ3n) is 4.38. The minimum absolute atomic E-state index is 0.0262. The highest BCUT2D eigenvalue weighted by Crippen LogP contribution is 2.29. The van der Waals surface area contributed by atoms with Crippen molar-refractivity contribution in [3.63, 3.8) is 0 Å². The predicted octanol–water partition coefficient (Wildman–Crippen LogP) is 5.29. The van der Waals surface area contributed by atoms with Crippen molar-refractivity contribution in [2.45, 2.75) is 0 Å². The summed E-state index contributed by atoms with van der Waals surface area (Å²) in [5, 5.41) is 10.8. The van der Waals surface area contributed by atoms with E-state index >= 15 is 0 Å². The third-order valence-corrected chi connectivity index (χ3v) is 4.38. The molecular formula is C22H13F3N2O2. The van der Waals surface area contributed by atoms with Crippen LogP contribution in [0.1, 0.15) is 21.7 Å². The molecule has 4 aromatic rings. The monoisotopic (exact) mass is 394 g/mol. The lowest BCUT2D eigenvalue weighted by Crippen LogP contribution is -2.10. The number of ketones is 1. The highest BCUT2D eigenvalue weighted by atomic mass is 19.1. The van der Waals surface area contributed by atoms with E-state index in [9.17, 15) is 23.1 Å². The summed E-state index contributed by atoms with van der Waals surface area (Å²) in [5.74, 6) is -3.83. The first kappa shape index (κ1) is 18.5. The van der Waals surface area contributed by atoms with Crippen LogP contribution in [0, 0.1) is 17.5 Å². The van der Waals surface area contributed by atoms with E-state index < -0.39 is 34.6 Å². The van der Waals surface area contributed by atoms with Gasteiger partial charge in [-0.25, -0.2) is 18.2 Å². The van der Waals surface area contributed by atoms with Crippen molar-refractivity contribution >= 4 is 28.1 Å². The number of aliphatic hydroxyl groups excluding tert-OH is 1. The smallest absolute Gasteiger partial charge is 0.203 e. The summed E-state index contributed by atoms with van der Waals surface area (Å²) in [7, 11) is 0. The van der Waals surface area contributed by atoms with Crippen LogP contribution in [-0.2, 0) is 0 Å². The lowest BCUT2D eigenvalue weighted by atomic mass is 9.98. The van der Waals surface area contributed by atoms with Gasteiger partial charge >= 0.3 is 0 Å². The topological polar surface area (TPSA) is 66.0 Å². The van der Waals surface area contributed by atoms with Gasteiger partial charge in [-0.3, -0.25) is 4.79 Å². The van der Waals surface area contributed by atoms with Crippen LogP contribution in [0.5, 0.6) is 0 Å². The van der Waals surface area contributed by atoms with Gasteiger partial charge in [0.05, 0.1) is 16.6 Å². The van der Waals surface area contributed by atoms with E-state index in [-0.39, 0.29) is 17.0 Å². The van der Waals surface area contributed by atoms with E-state index in [1.807, 2.05) is 0 Å². The Balaban J connectivity index is 1.96. The Morgan fingerprint density at radius 2 is 1.59 bits per heavy atom. The summed E-state index contributed by atoms with van der Waals surface area (Å²) in [6.07, 6.45) is 0. The number of hydrogen-bond donors (Lipinski definition) is 2. The zero-order chi connectivity index (χ0) is 20.5. The minimum atomic E-state index is -0.970. The number of carbonyl (C=O) groups excluding carboxylic acids is 1. The molecule has 0 saturated carbocycles. The maximum Gasteiger partial charge on any atom is 0.203 e. The van der Waals surface area contributed by atoms with Crippen LogP contribution in [0.4, 0.5) is 13.2 Å². The Bertz CT molecular complexity index is 1230. The average molecular weight is 394 g/mol. The molecular weight excluding hydrogens is 381 g/mol. The fraction of sp³-hybridized carbons (Fsp3) is 0. The number of nitrogens with one attached hydrogen (secondary N) is 1. The van der Waals surface area contributed by atoms with E-state index in [0.717, 1.165) is 30.3 Å². The molecule has 3 aromatic carbocycles. The molecule has 0 aliphatic rings. The fourth-order valence-electron chi connectivity index (χ4n) is 2.96. The van der Waals surface area contributed by atoms with Crippen LogP contribution in [0.15, 0.2) is 66.7 Å². The maximum absolute atomic E-state index is 14.2. The Morgan fingerprint density at radius 3 is 2.31 bits per heavy atom. The van der Waals surface area contributed by atoms with Crippen LogP contribution in [0.25, 0.3) is 22.4 Å². The number of rotatable bonds is 4. The van der Waals surface area contributed by atoms with Gasteiger partial charge in [-0.2, -0.15) is 0 Å². The number of fused-ring (bicyclic) bond motifs is 1. The standard InChI is InChI=1S/C22H13F3N2O2/c23-13-7-5-12(6-8-13)20(28)19(21(29)15-11-14(24)9-10-16(15)25)22-26-17-3-1-2-4-18(17)27-22/h1-11,28H,(H,26,27). The van der Waals surface area contributed by atoms with Crippen molar-refractivity contribution in [2.75, 3.05) is 0 Å². The number of nitrogens with zero attached hydrogens (tertiary/aromatic N) is 1. The number of aromatic nitrogens is 2. The summed E-state index contributed by atoms with van der Waals surface area (Å²) in [4.78, 5) is 20.3. The molecule has 4 nitrogen and oxygen atoms in total. The van der Waals surface area contributed by atoms with Crippen molar-refractivity contribution in [3.8, 4) is 0 Å². The molecule has 1 heterocycles. The summed E-state index contributed by atoms with van der Waals surface area (Å²) < 4.78 is 41.2. The maximum atomic E-state index is 14.2. The van der Waals surface area contributed by atoms with Gasteiger partial charge in [0.25, 0.3) is 0 Å². The molecule has 0 radical (unpaired) electrons. The number of H-pyrrole nitrogens is 1. The van der Waals surface area contributed by atoms with Gasteiger partial charge in [0.1, 0.15) is 34.6 Å². The summed E-state index contributed by atoms with van der Waals surface area (Å²) >= 11 is 0. The second kappa shape index (κ2) is 7.27. The van der Waals surface area contributed by atoms with Crippen LogP contribution >= 0.6 is 0 Å². The molecule has 0 atom stereocenters. The number of Topliss-reactive ketones (excluding diaryl/α,β-unsaturated/α-hetero) is 1. The highest BCUT2D eigenvalue weighted by molar-refractivity contribution is 6.33. The number of hydrogen-bond acceptors (Lipinski definition) is 3. The molecule has 2 N–H and O–H groups in total. The molecule has 29 heavy (non-hydrogen) atoms. The van der Waals surface area contributed by atoms with E-state index in [1.165, 1.54) is 12.1 Å². The van der Waals surface area contributed by atoms with Crippen LogP contribution in [0.2, 0.25) is 0 Å². The molecule has 0 saturated heterocycles. The largest absolute Gasteiger partial charge is 0.506 e. The number of allylic oxidation sites excluding steroid dienone is 1. The lowest BCUT2D eigenvalue weighted by molar-refractivity contribution is 0.105. The first-order valence-corrected chi connectivity index (χ1v) is 8.58. The number of para-hydroxylation sites is 2. The third kappa shape index (κ3) is 3.50. The molecule has 4 rings (SSSR count). The van der Waals surface area contributed by atoms with Crippen LogP contribution in [-0.4, -0.2) is 20.9 Å². The molecule has 144 valence electrons. The Morgan fingerprint density at radius 1 is 0.897 bits per heavy atom. The van der Waals surface area contributed by atoms with Gasteiger partial charge in [0, 0.05) is 5.56 Å². The highest BCUT2D eigenvalue weighted by Gasteiger charge is 2.26. The molecule has 0 aliphatic carbocycles. The van der Waals surface area contributed by atoms with Crippen molar-refractivity contribution in [1.82, 2.24) is 9.97 Å². The number of aromatic amines is 1. The van der Waals surface area contributed by atoms with E-state index in [0.29, 0.717) is 11.0 Å². The lowest BCUT2D eigenvalue weighted by Gasteiger charge is -2.10. The second-order valence-corrected chi connectivity index (χ2v) is 6.29. The zero-order valence-corrected chi connectivity index (χ0v) is 14.8. The van der Waals surface area contributed by atoms with E-state index in [2.05, 4.69) is 9.97 Å². The SMILES string of the molecule is O=C(C(=C(O)c1ccc(F)cc1)c1nc2ccccc2[nH]1)c1cc(F)ccc1F. The number of benzene rings is 3. The van der Waals surface area contributed by atoms with Gasteiger partial charge in [0.15, 0.2) is 0 Å². The Labute approximate surface area is 163 Å². The molecule has 0 unspecified atom stereocenters. The number of imidazole rings is 1. The summed E-state index contributed by atoms with van der Waals surface area (Å²) in [5.41, 5.74) is 0.289. The van der Waals surface area contributed by atoms with Gasteiger partial charge in [-0.1, -0.05) is 12.1 Å². The molecule has 0 aliphatic heterocycles. The Hall–Kier alpha value is -3.87. The average Bonchev–Trinajstić information content (AvgIpc) is 3.13. The number of halogens is 3. The molecule has 7 heteroatoms. The molecule has 0 spiro atoms. The first-order valence-electron chi connectivity index (χ1n) is 8.58. The molecule has 1 aromatic heterocycles. The van der Waals surface area contributed by atoms with Gasteiger partial charge in [-0.15, -0.1) is 0 Å². The zero-order valence-electron chi connectivity index (χ0n) is 14.8. The summed E-state index contributed by atoms with van der Waals surface area (Å²) in [6.45, 7) is 0. The van der Waals surface area contributed by atoms with Crippen LogP contribution in [0.3, 0.4) is 0 Å². The Kier molecular flexibility index (Phi) is 4.64. The van der Waals surface area contributed by atoms with E-state index in [1.54, 1.807) is 24.3 Å².